The highest BCUT2D eigenvalue weighted by molar-refractivity contribution is 5.40. The van der Waals surface area contributed by atoms with E-state index in [0.29, 0.717) is 5.65 Å². The molecule has 3 rings (SSSR count). The van der Waals surface area contributed by atoms with Crippen LogP contribution in [0.5, 0.6) is 0 Å². The molecule has 0 saturated carbocycles. The molecule has 0 N–H and O–H groups in total. The zero-order valence-electron chi connectivity index (χ0n) is 9.43. The number of rotatable bonds is 2. The average molecular weight is 235 g/mol. The molecule has 18 heavy (non-hydrogen) atoms. The van der Waals surface area contributed by atoms with Crippen molar-refractivity contribution in [2.75, 3.05) is 0 Å². The van der Waals surface area contributed by atoms with Gasteiger partial charge in [0.25, 0.3) is 0 Å². The van der Waals surface area contributed by atoms with Crippen molar-refractivity contribution in [2.45, 2.75) is 5.92 Å². The third kappa shape index (κ3) is 1.60. The summed E-state index contributed by atoms with van der Waals surface area (Å²) in [7, 11) is 0. The lowest BCUT2D eigenvalue weighted by Gasteiger charge is -2.10. The normalized spacial score (nSPS) is 12.2. The van der Waals surface area contributed by atoms with Crippen LogP contribution >= 0.6 is 0 Å². The van der Waals surface area contributed by atoms with E-state index < -0.39 is 0 Å². The maximum atomic E-state index is 9.40. The summed E-state index contributed by atoms with van der Waals surface area (Å²) in [4.78, 5) is 4.10. The molecule has 1 aromatic carbocycles. The molecule has 1 unspecified atom stereocenters. The number of benzene rings is 1. The first kappa shape index (κ1) is 10.4. The smallest absolute Gasteiger partial charge is 0.179 e. The minimum absolute atomic E-state index is 0.376. The highest BCUT2D eigenvalue weighted by Gasteiger charge is 2.16. The number of nitrogens with zero attached hydrogens (tertiary/aromatic N) is 5. The molecule has 3 aromatic rings. The molecule has 0 radical (unpaired) electrons. The largest absolute Gasteiger partial charge is 0.281 e. The number of nitriles is 1. The van der Waals surface area contributed by atoms with Crippen LogP contribution in [0.2, 0.25) is 0 Å². The molecular formula is C13H9N5. The second-order valence-electron chi connectivity index (χ2n) is 3.86. The van der Waals surface area contributed by atoms with Crippen LogP contribution in [0.4, 0.5) is 0 Å². The van der Waals surface area contributed by atoms with Gasteiger partial charge in [-0.3, -0.25) is 9.38 Å². The van der Waals surface area contributed by atoms with E-state index >= 15 is 0 Å². The predicted octanol–water partition coefficient (Wildman–Crippen LogP) is 1.78. The molecule has 0 spiro atoms. The summed E-state index contributed by atoms with van der Waals surface area (Å²) in [5.41, 5.74) is 2.35. The van der Waals surface area contributed by atoms with Gasteiger partial charge in [0.1, 0.15) is 12.2 Å². The first-order chi connectivity index (χ1) is 8.90. The monoisotopic (exact) mass is 235 g/mol. The highest BCUT2D eigenvalue weighted by Crippen LogP contribution is 2.23. The van der Waals surface area contributed by atoms with Crippen LogP contribution in [0, 0.1) is 11.3 Å². The van der Waals surface area contributed by atoms with Crippen LogP contribution < -0.4 is 0 Å². The van der Waals surface area contributed by atoms with E-state index in [-0.39, 0.29) is 5.92 Å². The van der Waals surface area contributed by atoms with Gasteiger partial charge in [-0.05, 0) is 5.56 Å². The first-order valence-electron chi connectivity index (χ1n) is 5.48. The van der Waals surface area contributed by atoms with Gasteiger partial charge in [0.2, 0.25) is 0 Å². The lowest BCUT2D eigenvalue weighted by atomic mass is 9.97. The van der Waals surface area contributed by atoms with Crippen LogP contribution in [0.1, 0.15) is 17.2 Å². The Morgan fingerprint density at radius 2 is 2.00 bits per heavy atom. The van der Waals surface area contributed by atoms with Gasteiger partial charge in [-0.25, -0.2) is 0 Å². The van der Waals surface area contributed by atoms with Gasteiger partial charge in [-0.1, -0.05) is 30.3 Å². The number of hydrogen-bond acceptors (Lipinski definition) is 4. The lowest BCUT2D eigenvalue weighted by molar-refractivity contribution is 0.903. The molecule has 1 atom stereocenters. The third-order valence-electron chi connectivity index (χ3n) is 2.81. The van der Waals surface area contributed by atoms with E-state index in [4.69, 9.17) is 0 Å². The first-order valence-corrected chi connectivity index (χ1v) is 5.48. The zero-order valence-corrected chi connectivity index (χ0v) is 9.43. The average Bonchev–Trinajstić information content (AvgIpc) is 2.90. The fourth-order valence-electron chi connectivity index (χ4n) is 1.94. The molecule has 5 heteroatoms. The van der Waals surface area contributed by atoms with E-state index in [1.54, 1.807) is 23.1 Å². The van der Waals surface area contributed by atoms with Gasteiger partial charge in [0.05, 0.1) is 18.0 Å². The summed E-state index contributed by atoms with van der Waals surface area (Å²) in [6.45, 7) is 0. The van der Waals surface area contributed by atoms with Crippen molar-refractivity contribution in [1.82, 2.24) is 19.6 Å². The topological polar surface area (TPSA) is 66.9 Å². The van der Waals surface area contributed by atoms with Gasteiger partial charge >= 0.3 is 0 Å². The van der Waals surface area contributed by atoms with Crippen LogP contribution in [-0.4, -0.2) is 19.6 Å². The summed E-state index contributed by atoms with van der Waals surface area (Å²) in [5, 5.41) is 17.2. The van der Waals surface area contributed by atoms with Crippen molar-refractivity contribution in [3.63, 3.8) is 0 Å². The number of aromatic nitrogens is 4. The molecule has 0 fully saturated rings. The number of hydrogen-bond donors (Lipinski definition) is 0. The second kappa shape index (κ2) is 4.26. The summed E-state index contributed by atoms with van der Waals surface area (Å²) < 4.78 is 1.79. The van der Waals surface area contributed by atoms with Crippen molar-refractivity contribution < 1.29 is 0 Å². The maximum absolute atomic E-state index is 9.40. The highest BCUT2D eigenvalue weighted by atomic mass is 15.2. The van der Waals surface area contributed by atoms with Crippen LogP contribution in [0.3, 0.4) is 0 Å². The summed E-state index contributed by atoms with van der Waals surface area (Å²) in [5.74, 6) is -0.376. The van der Waals surface area contributed by atoms with Crippen molar-refractivity contribution >= 4 is 5.65 Å². The van der Waals surface area contributed by atoms with Gasteiger partial charge in [0, 0.05) is 6.20 Å². The fraction of sp³-hybridized carbons (Fsp3) is 0.0769. The Hall–Kier alpha value is -2.74. The summed E-state index contributed by atoms with van der Waals surface area (Å²) in [6.07, 6.45) is 4.90. The molecule has 5 nitrogen and oxygen atoms in total. The Bertz CT molecular complexity index is 711. The Kier molecular flexibility index (Phi) is 2.47. The molecule has 0 aliphatic heterocycles. The van der Waals surface area contributed by atoms with Crippen molar-refractivity contribution in [3.8, 4) is 6.07 Å². The van der Waals surface area contributed by atoms with Crippen molar-refractivity contribution in [3.05, 3.63) is 60.3 Å². The lowest BCUT2D eigenvalue weighted by Crippen LogP contribution is -2.05. The zero-order chi connectivity index (χ0) is 12.4. The van der Waals surface area contributed by atoms with Gasteiger partial charge < -0.3 is 0 Å². The van der Waals surface area contributed by atoms with Crippen LogP contribution in [-0.2, 0) is 0 Å². The molecule has 86 valence electrons. The van der Waals surface area contributed by atoms with E-state index in [9.17, 15) is 5.26 Å². The molecule has 0 amide bonds. The molecule has 0 saturated heterocycles. The van der Waals surface area contributed by atoms with Gasteiger partial charge in [0.15, 0.2) is 5.65 Å². The second-order valence-corrected chi connectivity index (χ2v) is 3.86. The van der Waals surface area contributed by atoms with Gasteiger partial charge in [-0.2, -0.15) is 5.26 Å². The molecule has 0 aliphatic rings. The molecule has 0 bridgehead atoms. The third-order valence-corrected chi connectivity index (χ3v) is 2.81. The Morgan fingerprint density at radius 3 is 2.78 bits per heavy atom. The molecule has 2 aromatic heterocycles. The SMILES string of the molecule is N#CC(c1ccccc1)c1cncc2nncn12. The Labute approximate surface area is 103 Å². The summed E-state index contributed by atoms with van der Waals surface area (Å²) in [6, 6.07) is 11.9. The van der Waals surface area contributed by atoms with Gasteiger partial charge in [-0.15, -0.1) is 10.2 Å². The minimum atomic E-state index is -0.376. The molecular weight excluding hydrogens is 226 g/mol. The standard InChI is InChI=1S/C13H9N5/c14-6-11(10-4-2-1-3-5-10)12-7-15-8-13-17-16-9-18(12)13/h1-5,7-9,11H. The quantitative estimate of drug-likeness (QED) is 0.679. The summed E-state index contributed by atoms with van der Waals surface area (Å²) >= 11 is 0. The minimum Gasteiger partial charge on any atom is -0.281 e. The van der Waals surface area contributed by atoms with E-state index in [0.717, 1.165) is 11.3 Å². The van der Waals surface area contributed by atoms with E-state index in [2.05, 4.69) is 21.3 Å². The predicted molar refractivity (Wildman–Crippen MR) is 64.7 cm³/mol. The maximum Gasteiger partial charge on any atom is 0.179 e. The number of fused-ring (bicyclic) bond motifs is 1. The molecule has 0 aliphatic carbocycles. The van der Waals surface area contributed by atoms with E-state index in [1.807, 2.05) is 30.3 Å². The van der Waals surface area contributed by atoms with Crippen molar-refractivity contribution in [1.29, 1.82) is 5.26 Å². The van der Waals surface area contributed by atoms with Crippen molar-refractivity contribution in [2.24, 2.45) is 0 Å². The van der Waals surface area contributed by atoms with E-state index in [1.165, 1.54) is 0 Å². The Balaban J connectivity index is 2.19. The van der Waals surface area contributed by atoms with Crippen LogP contribution in [0.25, 0.3) is 5.65 Å². The van der Waals surface area contributed by atoms with Crippen LogP contribution in [0.15, 0.2) is 49.1 Å². The fourth-order valence-corrected chi connectivity index (χ4v) is 1.94. The Morgan fingerprint density at radius 1 is 1.17 bits per heavy atom. The molecule has 2 heterocycles.